The van der Waals surface area contributed by atoms with Crippen LogP contribution in [0.25, 0.3) is 5.65 Å². The van der Waals surface area contributed by atoms with Crippen molar-refractivity contribution < 1.29 is 9.90 Å². The SMILES string of the molecule is CNc1cc(Nc2cccn(C3CCC(C)(O)CC3)c2=O)nc2c(C(=O)NC3CC3)cnn12. The molecule has 10 nitrogen and oxygen atoms in total. The number of nitrogens with one attached hydrogen (secondary N) is 3. The van der Waals surface area contributed by atoms with Crippen LogP contribution in [0.4, 0.5) is 17.3 Å². The molecule has 0 aliphatic heterocycles. The highest BCUT2D eigenvalue weighted by molar-refractivity contribution is 6.00. The summed E-state index contributed by atoms with van der Waals surface area (Å²) in [5, 5.41) is 23.7. The molecule has 0 unspecified atom stereocenters. The molecule has 2 aliphatic carbocycles. The highest BCUT2D eigenvalue weighted by Gasteiger charge is 2.30. The van der Waals surface area contributed by atoms with Gasteiger partial charge in [-0.3, -0.25) is 9.59 Å². The first-order valence-corrected chi connectivity index (χ1v) is 11.4. The van der Waals surface area contributed by atoms with Crippen LogP contribution in [0.15, 0.2) is 35.4 Å². The van der Waals surface area contributed by atoms with E-state index in [9.17, 15) is 14.7 Å². The van der Waals surface area contributed by atoms with Gasteiger partial charge in [0, 0.05) is 31.4 Å². The van der Waals surface area contributed by atoms with Crippen molar-refractivity contribution in [1.29, 1.82) is 0 Å². The van der Waals surface area contributed by atoms with E-state index in [-0.39, 0.29) is 23.6 Å². The van der Waals surface area contributed by atoms with E-state index in [4.69, 9.17) is 0 Å². The van der Waals surface area contributed by atoms with Gasteiger partial charge in [0.1, 0.15) is 22.9 Å². The average Bonchev–Trinajstić information content (AvgIpc) is 3.50. The van der Waals surface area contributed by atoms with E-state index in [1.165, 1.54) is 6.20 Å². The minimum absolute atomic E-state index is 0.0512. The third-order valence-electron chi connectivity index (χ3n) is 6.55. The van der Waals surface area contributed by atoms with Gasteiger partial charge in [-0.15, -0.1) is 0 Å². The second-order valence-corrected chi connectivity index (χ2v) is 9.31. The lowest BCUT2D eigenvalue weighted by Crippen LogP contribution is -2.35. The standard InChI is InChI=1S/C23H29N7O3/c1-23(33)9-7-15(8-10-23)29-11-3-4-17(22(29)32)27-18-12-19(24-2)30-20(28-18)16(13-25-30)21(31)26-14-5-6-14/h3-4,11-15,24,33H,5-10H2,1-2H3,(H,26,31)(H,27,28). The molecule has 0 saturated heterocycles. The molecule has 10 heteroatoms. The molecular weight excluding hydrogens is 422 g/mol. The van der Waals surface area contributed by atoms with Gasteiger partial charge in [-0.05, 0) is 57.6 Å². The number of amides is 1. The van der Waals surface area contributed by atoms with E-state index < -0.39 is 5.60 Å². The summed E-state index contributed by atoms with van der Waals surface area (Å²) in [7, 11) is 1.76. The first-order valence-electron chi connectivity index (χ1n) is 11.4. The molecule has 3 aromatic rings. The first kappa shape index (κ1) is 21.4. The Labute approximate surface area is 191 Å². The van der Waals surface area contributed by atoms with Crippen molar-refractivity contribution in [1.82, 2.24) is 24.5 Å². The predicted octanol–water partition coefficient (Wildman–Crippen LogP) is 2.43. The zero-order valence-electron chi connectivity index (χ0n) is 18.8. The molecule has 3 heterocycles. The van der Waals surface area contributed by atoms with Crippen molar-refractivity contribution in [3.8, 4) is 0 Å². The molecule has 2 fully saturated rings. The Morgan fingerprint density at radius 3 is 2.70 bits per heavy atom. The number of fused-ring (bicyclic) bond motifs is 1. The molecule has 5 rings (SSSR count). The summed E-state index contributed by atoms with van der Waals surface area (Å²) >= 11 is 0. The summed E-state index contributed by atoms with van der Waals surface area (Å²) in [6.45, 7) is 1.85. The molecule has 0 spiro atoms. The molecule has 0 bridgehead atoms. The summed E-state index contributed by atoms with van der Waals surface area (Å²) in [6.07, 6.45) is 8.12. The van der Waals surface area contributed by atoms with Crippen LogP contribution in [0.5, 0.6) is 0 Å². The van der Waals surface area contributed by atoms with E-state index in [1.54, 1.807) is 34.5 Å². The fourth-order valence-corrected chi connectivity index (χ4v) is 4.39. The molecule has 1 amide bonds. The maximum Gasteiger partial charge on any atom is 0.274 e. The lowest BCUT2D eigenvalue weighted by molar-refractivity contribution is 0.00956. The molecule has 0 atom stereocenters. The van der Waals surface area contributed by atoms with Crippen molar-refractivity contribution >= 4 is 28.9 Å². The van der Waals surface area contributed by atoms with Gasteiger partial charge in [-0.2, -0.15) is 9.61 Å². The number of hydrogen-bond donors (Lipinski definition) is 4. The predicted molar refractivity (Wildman–Crippen MR) is 125 cm³/mol. The van der Waals surface area contributed by atoms with Gasteiger partial charge in [0.15, 0.2) is 5.65 Å². The van der Waals surface area contributed by atoms with E-state index in [0.717, 1.165) is 25.7 Å². The minimum Gasteiger partial charge on any atom is -0.390 e. The van der Waals surface area contributed by atoms with Crippen LogP contribution < -0.4 is 21.5 Å². The Morgan fingerprint density at radius 2 is 2.00 bits per heavy atom. The molecule has 3 aromatic heterocycles. The van der Waals surface area contributed by atoms with Gasteiger partial charge in [-0.25, -0.2) is 4.98 Å². The van der Waals surface area contributed by atoms with Crippen molar-refractivity contribution in [3.05, 3.63) is 46.5 Å². The number of nitrogens with zero attached hydrogens (tertiary/aromatic N) is 4. The van der Waals surface area contributed by atoms with Crippen LogP contribution in [-0.4, -0.2) is 48.9 Å². The smallest absolute Gasteiger partial charge is 0.274 e. The van der Waals surface area contributed by atoms with Crippen LogP contribution in [0.1, 0.15) is 61.8 Å². The Bertz CT molecular complexity index is 1250. The molecule has 0 radical (unpaired) electrons. The Morgan fingerprint density at radius 1 is 1.24 bits per heavy atom. The van der Waals surface area contributed by atoms with Crippen molar-refractivity contribution in [2.75, 3.05) is 17.7 Å². The third kappa shape index (κ3) is 4.30. The fraction of sp³-hybridized carbons (Fsp3) is 0.478. The number of aromatic nitrogens is 4. The maximum atomic E-state index is 13.2. The van der Waals surface area contributed by atoms with Crippen LogP contribution in [0, 0.1) is 0 Å². The van der Waals surface area contributed by atoms with Gasteiger partial charge in [0.2, 0.25) is 0 Å². The molecule has 174 valence electrons. The van der Waals surface area contributed by atoms with E-state index in [0.29, 0.717) is 41.4 Å². The summed E-state index contributed by atoms with van der Waals surface area (Å²) in [4.78, 5) is 30.5. The number of carbonyl (C=O) groups excluding carboxylic acids is 1. The average molecular weight is 452 g/mol. The zero-order valence-corrected chi connectivity index (χ0v) is 18.8. The fourth-order valence-electron chi connectivity index (χ4n) is 4.39. The Hall–Kier alpha value is -3.40. The van der Waals surface area contributed by atoms with E-state index in [1.807, 2.05) is 13.0 Å². The molecule has 2 saturated carbocycles. The van der Waals surface area contributed by atoms with Gasteiger partial charge >= 0.3 is 0 Å². The van der Waals surface area contributed by atoms with Crippen molar-refractivity contribution in [2.24, 2.45) is 0 Å². The van der Waals surface area contributed by atoms with E-state index in [2.05, 4.69) is 26.0 Å². The minimum atomic E-state index is -0.659. The van der Waals surface area contributed by atoms with Crippen molar-refractivity contribution in [3.63, 3.8) is 0 Å². The molecule has 33 heavy (non-hydrogen) atoms. The van der Waals surface area contributed by atoms with Crippen molar-refractivity contribution in [2.45, 2.75) is 63.1 Å². The number of anilines is 3. The second kappa shape index (κ2) is 8.18. The molecular formula is C23H29N7O3. The molecule has 0 aromatic carbocycles. The lowest BCUT2D eigenvalue weighted by Gasteiger charge is -2.34. The van der Waals surface area contributed by atoms with Crippen LogP contribution in [-0.2, 0) is 0 Å². The summed E-state index contributed by atoms with van der Waals surface area (Å²) in [5.74, 6) is 0.877. The van der Waals surface area contributed by atoms with Crippen LogP contribution >= 0.6 is 0 Å². The lowest BCUT2D eigenvalue weighted by atomic mass is 9.83. The maximum absolute atomic E-state index is 13.2. The normalized spacial score (nSPS) is 22.8. The van der Waals surface area contributed by atoms with Crippen LogP contribution in [0.2, 0.25) is 0 Å². The molecule has 2 aliphatic rings. The van der Waals surface area contributed by atoms with Gasteiger partial charge in [0.25, 0.3) is 11.5 Å². The van der Waals surface area contributed by atoms with Crippen LogP contribution in [0.3, 0.4) is 0 Å². The first-order chi connectivity index (χ1) is 15.8. The largest absolute Gasteiger partial charge is 0.390 e. The Balaban J connectivity index is 1.45. The topological polar surface area (TPSA) is 126 Å². The summed E-state index contributed by atoms with van der Waals surface area (Å²) < 4.78 is 3.31. The number of aliphatic hydroxyl groups is 1. The second-order valence-electron chi connectivity index (χ2n) is 9.31. The number of hydrogen-bond acceptors (Lipinski definition) is 7. The Kier molecular flexibility index (Phi) is 5.32. The quantitative estimate of drug-likeness (QED) is 0.453. The zero-order chi connectivity index (χ0) is 23.2. The van der Waals surface area contributed by atoms with Gasteiger partial charge in [-0.1, -0.05) is 0 Å². The highest BCUT2D eigenvalue weighted by Crippen LogP contribution is 2.34. The highest BCUT2D eigenvalue weighted by atomic mass is 16.3. The van der Waals surface area contributed by atoms with Gasteiger partial charge in [0.05, 0.1) is 11.8 Å². The third-order valence-corrected chi connectivity index (χ3v) is 6.55. The monoisotopic (exact) mass is 451 g/mol. The number of rotatable bonds is 6. The summed E-state index contributed by atoms with van der Waals surface area (Å²) in [5.41, 5.74) is 0.400. The van der Waals surface area contributed by atoms with E-state index >= 15 is 0 Å². The number of carbonyl (C=O) groups is 1. The number of pyridine rings is 1. The molecule has 4 N–H and O–H groups in total. The summed E-state index contributed by atoms with van der Waals surface area (Å²) in [6, 6.07) is 5.58. The van der Waals surface area contributed by atoms with Gasteiger partial charge < -0.3 is 25.6 Å².